The summed E-state index contributed by atoms with van der Waals surface area (Å²) in [7, 11) is -0.330. The fourth-order valence-corrected chi connectivity index (χ4v) is 10.8. The number of methoxy groups -OCH3 is 2. The molecule has 0 aromatic heterocycles. The number of carbonyl (C=O) groups is 2. The van der Waals surface area contributed by atoms with Crippen LogP contribution >= 0.6 is 11.6 Å². The minimum Gasteiger partial charge on any atom is -0.490 e. The maximum atomic E-state index is 14.5. The normalized spacial score (nSPS) is 32.2. The first-order valence-electron chi connectivity index (χ1n) is 18.0. The fraction of sp³-hybridized carbons (Fsp3) is 0.579. The summed E-state index contributed by atoms with van der Waals surface area (Å²) in [5.74, 6) is 0.522. The van der Waals surface area contributed by atoms with Crippen LogP contribution in [0.1, 0.15) is 60.5 Å². The van der Waals surface area contributed by atoms with Gasteiger partial charge in [-0.3, -0.25) is 9.52 Å². The molecule has 13 heteroatoms. The van der Waals surface area contributed by atoms with Crippen molar-refractivity contribution in [2.45, 2.75) is 62.6 Å². The van der Waals surface area contributed by atoms with Crippen LogP contribution in [-0.2, 0) is 31.2 Å². The first-order chi connectivity index (χ1) is 24.4. The summed E-state index contributed by atoms with van der Waals surface area (Å²) in [5, 5.41) is 11.3. The first kappa shape index (κ1) is 36.2. The van der Waals surface area contributed by atoms with Gasteiger partial charge in [-0.2, -0.15) is 0 Å². The van der Waals surface area contributed by atoms with Crippen molar-refractivity contribution in [2.75, 3.05) is 64.3 Å². The van der Waals surface area contributed by atoms with Crippen molar-refractivity contribution in [2.24, 2.45) is 22.1 Å². The van der Waals surface area contributed by atoms with Gasteiger partial charge in [0.15, 0.2) is 0 Å². The van der Waals surface area contributed by atoms with E-state index in [1.54, 1.807) is 13.2 Å². The maximum absolute atomic E-state index is 14.5. The summed E-state index contributed by atoms with van der Waals surface area (Å²) in [6.45, 7) is 4.01. The van der Waals surface area contributed by atoms with Gasteiger partial charge >= 0.3 is 6.03 Å². The second-order valence-electron chi connectivity index (χ2n) is 15.4. The summed E-state index contributed by atoms with van der Waals surface area (Å²) < 4.78 is 39.0. The lowest BCUT2D eigenvalue weighted by Gasteiger charge is -2.46. The zero-order valence-corrected chi connectivity index (χ0v) is 31.2. The van der Waals surface area contributed by atoms with E-state index in [0.29, 0.717) is 37.2 Å². The Bertz CT molecular complexity index is 1820. The predicted molar refractivity (Wildman–Crippen MR) is 197 cm³/mol. The van der Waals surface area contributed by atoms with Gasteiger partial charge < -0.3 is 29.1 Å². The Morgan fingerprint density at radius 1 is 1.18 bits per heavy atom. The average Bonchev–Trinajstić information content (AvgIpc) is 3.21. The molecule has 51 heavy (non-hydrogen) atoms. The number of nitrogens with one attached hydrogen (secondary N) is 1. The maximum Gasteiger partial charge on any atom is 0.330 e. The van der Waals surface area contributed by atoms with Gasteiger partial charge in [-0.1, -0.05) is 36.7 Å². The Morgan fingerprint density at radius 2 is 2.00 bits per heavy atom. The smallest absolute Gasteiger partial charge is 0.330 e. The van der Waals surface area contributed by atoms with Gasteiger partial charge in [0.2, 0.25) is 0 Å². The summed E-state index contributed by atoms with van der Waals surface area (Å²) in [6, 6.07) is 10.9. The van der Waals surface area contributed by atoms with Crippen LogP contribution in [0, 0.1) is 17.8 Å². The summed E-state index contributed by atoms with van der Waals surface area (Å²) >= 11 is 6.45. The lowest BCUT2D eigenvalue weighted by Crippen LogP contribution is -2.67. The molecule has 3 amide bonds. The number of aryl methyl sites for hydroxylation is 1. The van der Waals surface area contributed by atoms with Crippen LogP contribution in [0.25, 0.3) is 0 Å². The van der Waals surface area contributed by atoms with E-state index in [4.69, 9.17) is 25.8 Å². The van der Waals surface area contributed by atoms with Crippen molar-refractivity contribution in [3.63, 3.8) is 0 Å². The highest BCUT2D eigenvalue weighted by Crippen LogP contribution is 2.47. The lowest BCUT2D eigenvalue weighted by atomic mass is 9.68. The summed E-state index contributed by atoms with van der Waals surface area (Å²) in [5.41, 5.74) is 2.16. The molecule has 11 nitrogen and oxygen atoms in total. The number of carbonyl (C=O) groups excluding carboxylic acids is 2. The van der Waals surface area contributed by atoms with E-state index >= 15 is 0 Å². The number of benzene rings is 2. The summed E-state index contributed by atoms with van der Waals surface area (Å²) in [6.07, 6.45) is 9.75. The van der Waals surface area contributed by atoms with E-state index in [1.165, 1.54) is 23.1 Å². The van der Waals surface area contributed by atoms with Crippen molar-refractivity contribution in [3.05, 3.63) is 70.3 Å². The third kappa shape index (κ3) is 7.40. The van der Waals surface area contributed by atoms with Crippen molar-refractivity contribution < 1.29 is 33.1 Å². The molecule has 7 rings (SSSR count). The fourth-order valence-electron chi connectivity index (χ4n) is 8.74. The molecule has 2 aliphatic carbocycles. The van der Waals surface area contributed by atoms with Gasteiger partial charge in [-0.15, -0.1) is 4.36 Å². The first-order valence-corrected chi connectivity index (χ1v) is 20.1. The van der Waals surface area contributed by atoms with Crippen LogP contribution in [0.2, 0.25) is 5.02 Å². The Morgan fingerprint density at radius 3 is 2.75 bits per heavy atom. The molecule has 2 fully saturated rings. The number of hydrogen-bond acceptors (Lipinski definition) is 8. The molecule has 3 heterocycles. The minimum absolute atomic E-state index is 0.0225. The number of hydrogen-bond donors (Lipinski definition) is 2. The lowest BCUT2D eigenvalue weighted by molar-refractivity contribution is -0.114. The third-order valence-electron chi connectivity index (χ3n) is 11.4. The number of fused-ring (bicyclic) bond motifs is 4. The number of aliphatic hydroxyl groups is 1. The SMILES string of the molecule is COCC1(O)CN(C(=O)NS2(=O)=NC(=O)c3ccc4c(c3)N(C[C@@H]3CC[C@H]3[C@@H](OC)/C=C\C[C@H](C)C2)C[C@@]2(CCCc3cc(Cl)ccc32)CO4)C1. The number of allylic oxidation sites excluding steroid dienone is 1. The molecule has 1 unspecified atom stereocenters. The molecule has 2 N–H and O–H groups in total. The Hall–Kier alpha value is -3.16. The van der Waals surface area contributed by atoms with Gasteiger partial charge in [0, 0.05) is 43.3 Å². The number of urea groups is 1. The van der Waals surface area contributed by atoms with Crippen LogP contribution in [-0.4, -0.2) is 97.2 Å². The second kappa shape index (κ2) is 14.3. The number of β-amino-alcohol motifs (C(OH)–C–C–N with tert-alkyl or cyclic N) is 1. The van der Waals surface area contributed by atoms with Crippen molar-refractivity contribution in [1.29, 1.82) is 0 Å². The highest BCUT2D eigenvalue weighted by molar-refractivity contribution is 7.92. The number of nitrogens with zero attached hydrogens (tertiary/aromatic N) is 3. The Labute approximate surface area is 306 Å². The van der Waals surface area contributed by atoms with E-state index in [-0.39, 0.29) is 48.4 Å². The standard InChI is InChI=1S/C38H49ClN4O7S/c1-25-6-4-8-33(49-3)30-12-9-28(30)18-42-20-37(15-5-7-26-16-29(39)11-13-31(26)37)23-50-34-14-10-27(17-32(34)42)35(44)40-51(47,19-25)41-36(45)43-21-38(46,22-43)24-48-2/h4,8,10-11,13-14,16-17,25,28,30,33,46H,5-7,9,12,15,18-24H2,1-3H3,(H,40,41,44,45,47)/b8-4-/t25-,28-,30+,33-,37-,51?/m0/s1. The van der Waals surface area contributed by atoms with E-state index in [9.17, 15) is 18.9 Å². The van der Waals surface area contributed by atoms with Crippen molar-refractivity contribution in [1.82, 2.24) is 9.62 Å². The molecule has 5 aliphatic rings. The van der Waals surface area contributed by atoms with Crippen LogP contribution < -0.4 is 14.4 Å². The molecule has 2 aromatic rings. The van der Waals surface area contributed by atoms with Gasteiger partial charge in [-0.25, -0.2) is 9.00 Å². The molecule has 1 saturated heterocycles. The molecule has 276 valence electrons. The second-order valence-corrected chi connectivity index (χ2v) is 17.8. The molecule has 6 atom stereocenters. The zero-order chi connectivity index (χ0) is 36.0. The number of likely N-dealkylation sites (tertiary alicyclic amines) is 1. The Balaban J connectivity index is 1.26. The number of halogens is 1. The predicted octanol–water partition coefficient (Wildman–Crippen LogP) is 5.38. The Kier molecular flexibility index (Phi) is 10.2. The van der Waals surface area contributed by atoms with Crippen LogP contribution in [0.15, 0.2) is 52.9 Å². The number of ether oxygens (including phenoxy) is 3. The monoisotopic (exact) mass is 740 g/mol. The van der Waals surface area contributed by atoms with Crippen LogP contribution in [0.5, 0.6) is 5.75 Å². The molecule has 2 bridgehead atoms. The van der Waals surface area contributed by atoms with Crippen LogP contribution in [0.3, 0.4) is 0 Å². The number of rotatable bonds is 4. The van der Waals surface area contributed by atoms with E-state index in [0.717, 1.165) is 49.4 Å². The third-order valence-corrected chi connectivity index (χ3v) is 13.6. The molecule has 3 aliphatic heterocycles. The van der Waals surface area contributed by atoms with E-state index in [1.807, 2.05) is 25.1 Å². The topological polar surface area (TPSA) is 130 Å². The average molecular weight is 741 g/mol. The highest BCUT2D eigenvalue weighted by atomic mass is 35.5. The zero-order valence-electron chi connectivity index (χ0n) is 29.6. The molecule has 1 saturated carbocycles. The number of amides is 3. The minimum atomic E-state index is -3.56. The largest absolute Gasteiger partial charge is 0.490 e. The molecule has 1 spiro atoms. The molecular formula is C38H49ClN4O7S. The molecular weight excluding hydrogens is 692 g/mol. The van der Waals surface area contributed by atoms with Gasteiger partial charge in [-0.05, 0) is 97.7 Å². The molecule has 2 aromatic carbocycles. The van der Waals surface area contributed by atoms with Gasteiger partial charge in [0.1, 0.15) is 21.3 Å². The van der Waals surface area contributed by atoms with Crippen molar-refractivity contribution >= 4 is 39.1 Å². The quantitative estimate of drug-likeness (QED) is 0.400. The number of anilines is 1. The van der Waals surface area contributed by atoms with Crippen LogP contribution in [0.4, 0.5) is 10.5 Å². The van der Waals surface area contributed by atoms with Crippen molar-refractivity contribution in [3.8, 4) is 5.75 Å². The van der Waals surface area contributed by atoms with Gasteiger partial charge in [0.05, 0.1) is 43.8 Å². The summed E-state index contributed by atoms with van der Waals surface area (Å²) in [4.78, 5) is 31.0. The van der Waals surface area contributed by atoms with Gasteiger partial charge in [0.25, 0.3) is 5.91 Å². The van der Waals surface area contributed by atoms with E-state index in [2.05, 4.69) is 38.3 Å². The van der Waals surface area contributed by atoms with E-state index < -0.39 is 27.5 Å². The molecule has 0 radical (unpaired) electrons. The highest BCUT2D eigenvalue weighted by Gasteiger charge is 2.46.